The first-order valence-corrected chi connectivity index (χ1v) is 17.2. The average molecular weight is 675 g/mol. The van der Waals surface area contributed by atoms with Crippen LogP contribution in [0.1, 0.15) is 77.0 Å². The van der Waals surface area contributed by atoms with Gasteiger partial charge in [0.25, 0.3) is 0 Å². The van der Waals surface area contributed by atoms with Crippen molar-refractivity contribution in [3.63, 3.8) is 0 Å². The Morgan fingerprint density at radius 1 is 1.17 bits per heavy atom. The molecule has 1 aromatic rings. The summed E-state index contributed by atoms with van der Waals surface area (Å²) in [5.74, 6) is -3.53. The largest absolute Gasteiger partial charge is 0.384 e. The molecule has 0 aromatic heterocycles. The van der Waals surface area contributed by atoms with Gasteiger partial charge >= 0.3 is 5.92 Å². The number of hydrogen-bond acceptors (Lipinski definition) is 8. The van der Waals surface area contributed by atoms with Gasteiger partial charge in [0.2, 0.25) is 11.8 Å². The topological polar surface area (TPSA) is 110 Å². The molecule has 10 nitrogen and oxygen atoms in total. The number of rotatable bonds is 7. The van der Waals surface area contributed by atoms with Crippen LogP contribution in [0.4, 0.5) is 13.2 Å². The summed E-state index contributed by atoms with van der Waals surface area (Å²) in [6.07, 6.45) is 3.48. The van der Waals surface area contributed by atoms with Crippen LogP contribution in [-0.4, -0.2) is 108 Å². The molecule has 264 valence electrons. The van der Waals surface area contributed by atoms with Gasteiger partial charge in [-0.25, -0.2) is 9.38 Å². The van der Waals surface area contributed by atoms with Gasteiger partial charge in [-0.1, -0.05) is 12.1 Å². The second kappa shape index (κ2) is 12.9. The summed E-state index contributed by atoms with van der Waals surface area (Å²) >= 11 is 0. The number of piperidine rings is 2. The SMILES string of the molecule is CC1=NC(N[C@H](C)c2cccc(C(F)(F)C(C)(C)O)c2F)=C2CN(C3CCN(C(=O)C4CCOCC4)CC3)C(=O)C3(CCN(C)C3)C2N1. The van der Waals surface area contributed by atoms with E-state index in [1.807, 2.05) is 23.8 Å². The highest BCUT2D eigenvalue weighted by Gasteiger charge is 2.58. The zero-order chi connectivity index (χ0) is 34.6. The highest BCUT2D eigenvalue weighted by Crippen LogP contribution is 2.46. The molecule has 1 spiro atoms. The third kappa shape index (κ3) is 6.10. The van der Waals surface area contributed by atoms with Crippen LogP contribution >= 0.6 is 0 Å². The summed E-state index contributed by atoms with van der Waals surface area (Å²) in [5.41, 5.74) is -3.18. The summed E-state index contributed by atoms with van der Waals surface area (Å²) in [7, 11) is 2.01. The number of fused-ring (bicyclic) bond motifs is 2. The number of carbonyl (C=O) groups excluding carboxylic acids is 2. The van der Waals surface area contributed by atoms with E-state index < -0.39 is 34.4 Å². The highest BCUT2D eigenvalue weighted by molar-refractivity contribution is 5.91. The highest BCUT2D eigenvalue weighted by atomic mass is 19.3. The van der Waals surface area contributed by atoms with Gasteiger partial charge in [0.1, 0.15) is 23.1 Å². The molecule has 4 fully saturated rings. The molecule has 2 unspecified atom stereocenters. The molecule has 1 aromatic carbocycles. The second-order valence-electron chi connectivity index (χ2n) is 14.9. The van der Waals surface area contributed by atoms with E-state index in [-0.39, 0.29) is 35.4 Å². The van der Waals surface area contributed by atoms with Gasteiger partial charge in [0.05, 0.1) is 23.1 Å². The first kappa shape index (κ1) is 34.7. The maximum absolute atomic E-state index is 15.8. The lowest BCUT2D eigenvalue weighted by atomic mass is 9.70. The van der Waals surface area contributed by atoms with Gasteiger partial charge < -0.3 is 35.2 Å². The number of amides is 2. The zero-order valence-electron chi connectivity index (χ0n) is 28.6. The van der Waals surface area contributed by atoms with Crippen LogP contribution in [0, 0.1) is 17.2 Å². The van der Waals surface area contributed by atoms with Crippen molar-refractivity contribution in [3.8, 4) is 0 Å². The molecule has 3 N–H and O–H groups in total. The van der Waals surface area contributed by atoms with E-state index in [1.165, 1.54) is 12.1 Å². The number of ether oxygens (including phenoxy) is 1. The fourth-order valence-electron chi connectivity index (χ4n) is 8.21. The Balaban J connectivity index is 1.29. The summed E-state index contributed by atoms with van der Waals surface area (Å²) in [5, 5.41) is 16.9. The van der Waals surface area contributed by atoms with Crippen molar-refractivity contribution in [2.24, 2.45) is 16.3 Å². The van der Waals surface area contributed by atoms with Gasteiger partial charge in [-0.15, -0.1) is 0 Å². The van der Waals surface area contributed by atoms with Gasteiger partial charge in [0.15, 0.2) is 0 Å². The minimum Gasteiger partial charge on any atom is -0.384 e. The van der Waals surface area contributed by atoms with Crippen molar-refractivity contribution in [2.75, 3.05) is 53.0 Å². The maximum atomic E-state index is 15.8. The van der Waals surface area contributed by atoms with Crippen molar-refractivity contribution in [1.29, 1.82) is 0 Å². The molecule has 13 heteroatoms. The first-order valence-electron chi connectivity index (χ1n) is 17.2. The van der Waals surface area contributed by atoms with Crippen LogP contribution in [0.2, 0.25) is 0 Å². The molecule has 4 saturated heterocycles. The summed E-state index contributed by atoms with van der Waals surface area (Å²) in [6.45, 7) is 9.45. The number of carbonyl (C=O) groups is 2. The molecule has 0 radical (unpaired) electrons. The molecule has 0 saturated carbocycles. The number of hydrogen-bond donors (Lipinski definition) is 3. The molecule has 5 aliphatic heterocycles. The van der Waals surface area contributed by atoms with Crippen molar-refractivity contribution >= 4 is 17.6 Å². The van der Waals surface area contributed by atoms with Crippen molar-refractivity contribution in [2.45, 2.75) is 89.4 Å². The Morgan fingerprint density at radius 2 is 1.85 bits per heavy atom. The number of amidine groups is 1. The molecule has 3 atom stereocenters. The summed E-state index contributed by atoms with van der Waals surface area (Å²) in [6, 6.07) is 2.67. The molecule has 6 rings (SSSR count). The molecular weight excluding hydrogens is 625 g/mol. The molecule has 5 aliphatic rings. The van der Waals surface area contributed by atoms with E-state index in [1.54, 1.807) is 6.92 Å². The van der Waals surface area contributed by atoms with E-state index in [0.717, 1.165) is 44.9 Å². The molecule has 5 heterocycles. The fourth-order valence-corrected chi connectivity index (χ4v) is 8.21. The average Bonchev–Trinajstić information content (AvgIpc) is 3.45. The lowest BCUT2D eigenvalue weighted by Gasteiger charge is -2.51. The van der Waals surface area contributed by atoms with Crippen LogP contribution < -0.4 is 10.6 Å². The van der Waals surface area contributed by atoms with Crippen LogP contribution in [0.15, 0.2) is 34.6 Å². The number of alkyl halides is 2. The Hall–Kier alpha value is -3.16. The van der Waals surface area contributed by atoms with Crippen LogP contribution in [0.5, 0.6) is 0 Å². The Labute approximate surface area is 280 Å². The number of nitrogens with zero attached hydrogens (tertiary/aromatic N) is 4. The van der Waals surface area contributed by atoms with E-state index in [0.29, 0.717) is 70.3 Å². The summed E-state index contributed by atoms with van der Waals surface area (Å²) < 4.78 is 51.4. The molecule has 48 heavy (non-hydrogen) atoms. The van der Waals surface area contributed by atoms with Crippen LogP contribution in [0.25, 0.3) is 0 Å². The van der Waals surface area contributed by atoms with Crippen LogP contribution in [0.3, 0.4) is 0 Å². The van der Waals surface area contributed by atoms with E-state index in [2.05, 4.69) is 15.5 Å². The van der Waals surface area contributed by atoms with Gasteiger partial charge in [0, 0.05) is 62.5 Å². The van der Waals surface area contributed by atoms with Crippen molar-refractivity contribution in [1.82, 2.24) is 25.3 Å². The zero-order valence-corrected chi connectivity index (χ0v) is 28.6. The maximum Gasteiger partial charge on any atom is 0.303 e. The fraction of sp³-hybridized carbons (Fsp3) is 0.686. The number of aliphatic hydroxyl groups is 1. The Kier molecular flexibility index (Phi) is 9.36. The van der Waals surface area contributed by atoms with Gasteiger partial charge in [-0.2, -0.15) is 8.78 Å². The number of likely N-dealkylation sites (tertiary alicyclic amines) is 3. The Morgan fingerprint density at radius 3 is 2.48 bits per heavy atom. The smallest absolute Gasteiger partial charge is 0.303 e. The van der Waals surface area contributed by atoms with E-state index in [9.17, 15) is 14.7 Å². The molecule has 0 aliphatic carbocycles. The predicted molar refractivity (Wildman–Crippen MR) is 175 cm³/mol. The standard InChI is InChI=1S/C35H49F3N6O4/c1-21(25-7-6-8-27(28(25)36)35(37,38)33(3,4)47)39-30-26-19-44(24-9-14-43(15-10-24)31(45)23-11-17-48-18-12-23)32(46)34(13-16-42(5)20-34)29(26)40-22(2)41-30/h6-8,21,23-24,29,39,47H,9-20H2,1-5H3,(H,40,41)/t21-,29?,34?/m1/s1. The third-order valence-electron chi connectivity index (χ3n) is 11.1. The van der Waals surface area contributed by atoms with Crippen molar-refractivity contribution in [3.05, 3.63) is 46.5 Å². The van der Waals surface area contributed by atoms with Crippen molar-refractivity contribution < 1.29 is 32.6 Å². The predicted octanol–water partition coefficient (Wildman–Crippen LogP) is 3.52. The minimum atomic E-state index is -3.82. The van der Waals surface area contributed by atoms with E-state index >= 15 is 13.2 Å². The Bertz CT molecular complexity index is 1480. The van der Waals surface area contributed by atoms with Crippen LogP contribution in [-0.2, 0) is 20.2 Å². The molecule has 0 bridgehead atoms. The number of aliphatic imine (C=N–C) groups is 1. The lowest BCUT2D eigenvalue weighted by Crippen LogP contribution is -2.67. The van der Waals surface area contributed by atoms with Gasteiger partial charge in [-0.05, 0) is 79.5 Å². The number of nitrogens with one attached hydrogen (secondary N) is 2. The first-order chi connectivity index (χ1) is 22.6. The quantitative estimate of drug-likeness (QED) is 0.406. The molecule has 2 amide bonds. The number of benzene rings is 1. The lowest BCUT2D eigenvalue weighted by molar-refractivity contribution is -0.170. The normalized spacial score (nSPS) is 27.2. The third-order valence-corrected chi connectivity index (χ3v) is 11.1. The number of halogens is 3. The second-order valence-corrected chi connectivity index (χ2v) is 14.9. The summed E-state index contributed by atoms with van der Waals surface area (Å²) in [4.78, 5) is 38.7. The molecular formula is C35H49F3N6O4. The minimum absolute atomic E-state index is 0.00736. The van der Waals surface area contributed by atoms with Gasteiger partial charge in [-0.3, -0.25) is 9.59 Å². The van der Waals surface area contributed by atoms with E-state index in [4.69, 9.17) is 9.73 Å². The monoisotopic (exact) mass is 674 g/mol.